The molecule has 0 aliphatic heterocycles. The van der Waals surface area contributed by atoms with Crippen LogP contribution >= 0.6 is 0 Å². The van der Waals surface area contributed by atoms with Crippen LogP contribution in [-0.4, -0.2) is 22.2 Å². The number of rotatable bonds is 14. The molecule has 0 rings (SSSR count). The van der Waals surface area contributed by atoms with Gasteiger partial charge in [0.25, 0.3) is 0 Å². The zero-order valence-corrected chi connectivity index (χ0v) is 18.4. The van der Waals surface area contributed by atoms with Crippen LogP contribution in [0.15, 0.2) is 0 Å². The second kappa shape index (κ2) is 22.9. The third kappa shape index (κ3) is 29.9. The van der Waals surface area contributed by atoms with Crippen molar-refractivity contribution in [3.05, 3.63) is 5.92 Å². The van der Waals surface area contributed by atoms with Crippen molar-refractivity contribution >= 4 is 11.9 Å². The Morgan fingerprint density at radius 3 is 1.46 bits per heavy atom. The number of hydrogen-bond donors (Lipinski definition) is 2. The van der Waals surface area contributed by atoms with E-state index in [0.717, 1.165) is 0 Å². The molecule has 0 saturated carbocycles. The minimum atomic E-state index is -1.31. The molecular formula is C19H37NaO4. The third-order valence-electron chi connectivity index (χ3n) is 3.72. The minimum absolute atomic E-state index is 0. The fourth-order valence-corrected chi connectivity index (χ4v) is 2.29. The second-order valence-corrected chi connectivity index (χ2v) is 6.25. The number of aliphatic carboxylic acids is 2. The molecule has 0 bridgehead atoms. The maximum Gasteiger partial charge on any atom is 1.00 e. The van der Waals surface area contributed by atoms with Gasteiger partial charge in [0.1, 0.15) is 6.42 Å². The molecule has 5 heteroatoms. The molecule has 0 spiro atoms. The van der Waals surface area contributed by atoms with Crippen molar-refractivity contribution in [3.63, 3.8) is 0 Å². The van der Waals surface area contributed by atoms with Crippen molar-refractivity contribution < 1.29 is 49.4 Å². The largest absolute Gasteiger partial charge is 1.00 e. The van der Waals surface area contributed by atoms with Crippen molar-refractivity contribution in [1.82, 2.24) is 0 Å². The van der Waals surface area contributed by atoms with E-state index in [1.807, 2.05) is 0 Å². The van der Waals surface area contributed by atoms with Gasteiger partial charge in [-0.05, 0) is 0 Å². The van der Waals surface area contributed by atoms with Crippen LogP contribution in [0, 0.1) is 5.92 Å². The maximum absolute atomic E-state index is 9.43. The van der Waals surface area contributed by atoms with Gasteiger partial charge in [-0.15, -0.1) is 0 Å². The number of hydrogen-bond acceptors (Lipinski definition) is 2. The van der Waals surface area contributed by atoms with Crippen molar-refractivity contribution in [3.8, 4) is 0 Å². The van der Waals surface area contributed by atoms with E-state index in [-0.39, 0.29) is 29.6 Å². The zero-order valence-electron chi connectivity index (χ0n) is 16.4. The number of carbonyl (C=O) groups is 2. The van der Waals surface area contributed by atoms with Crippen LogP contribution in [0.2, 0.25) is 0 Å². The topological polar surface area (TPSA) is 74.6 Å². The fraction of sp³-hybridized carbons (Fsp3) is 0.842. The van der Waals surface area contributed by atoms with E-state index in [1.165, 1.54) is 77.0 Å². The number of carboxylic acids is 2. The van der Waals surface area contributed by atoms with Gasteiger partial charge in [-0.2, -0.15) is 19.8 Å². The smallest absolute Gasteiger partial charge is 0.481 e. The Balaban J connectivity index is -0.000000468. The Kier molecular flexibility index (Phi) is 27.5. The predicted molar refractivity (Wildman–Crippen MR) is 95.6 cm³/mol. The Hall–Kier alpha value is -0.0600. The molecule has 0 aliphatic rings. The molecule has 0 fully saturated rings. The van der Waals surface area contributed by atoms with Gasteiger partial charge < -0.3 is 16.1 Å². The van der Waals surface area contributed by atoms with Gasteiger partial charge in [0.2, 0.25) is 0 Å². The summed E-state index contributed by atoms with van der Waals surface area (Å²) < 4.78 is 0. The predicted octanol–water partition coefficient (Wildman–Crippen LogP) is 2.85. The van der Waals surface area contributed by atoms with Crippen LogP contribution in [0.5, 0.6) is 0 Å². The summed E-state index contributed by atoms with van der Waals surface area (Å²) in [5.41, 5.74) is 0. The summed E-state index contributed by atoms with van der Waals surface area (Å²) in [6, 6.07) is 0. The van der Waals surface area contributed by atoms with Crippen molar-refractivity contribution in [2.75, 3.05) is 0 Å². The summed E-state index contributed by atoms with van der Waals surface area (Å²) in [5, 5.41) is 15.4. The Morgan fingerprint density at radius 2 is 1.08 bits per heavy atom. The Bertz CT molecular complexity index is 271. The molecule has 2 N–H and O–H groups in total. The molecule has 24 heavy (non-hydrogen) atoms. The Labute approximate surface area is 171 Å². The van der Waals surface area contributed by atoms with Gasteiger partial charge in [0.05, 0.1) is 0 Å². The van der Waals surface area contributed by atoms with E-state index in [1.54, 1.807) is 5.92 Å². The number of carboxylic acid groups (broad SMARTS) is 2. The van der Waals surface area contributed by atoms with E-state index in [2.05, 4.69) is 20.8 Å². The molecule has 0 saturated heterocycles. The molecule has 0 aliphatic carbocycles. The molecule has 4 nitrogen and oxygen atoms in total. The van der Waals surface area contributed by atoms with E-state index in [4.69, 9.17) is 10.2 Å². The molecule has 0 atom stereocenters. The van der Waals surface area contributed by atoms with Crippen molar-refractivity contribution in [1.29, 1.82) is 0 Å². The molecule has 0 radical (unpaired) electrons. The van der Waals surface area contributed by atoms with Gasteiger partial charge in [0.15, 0.2) is 0 Å². The first-order valence-electron chi connectivity index (χ1n) is 9.18. The number of unbranched alkanes of at least 4 members (excludes halogenated alkanes) is 8. The molecule has 0 heterocycles. The van der Waals surface area contributed by atoms with E-state index < -0.39 is 18.4 Å². The average molecular weight is 352 g/mol. The van der Waals surface area contributed by atoms with Crippen molar-refractivity contribution in [2.45, 2.75) is 104 Å². The van der Waals surface area contributed by atoms with E-state index >= 15 is 0 Å². The fourth-order valence-electron chi connectivity index (χ4n) is 2.29. The summed E-state index contributed by atoms with van der Waals surface area (Å²) >= 11 is 0. The zero-order chi connectivity index (χ0) is 17.9. The normalized spacial score (nSPS) is 9.83. The van der Waals surface area contributed by atoms with Crippen molar-refractivity contribution in [2.24, 2.45) is 0 Å². The maximum atomic E-state index is 9.43. The van der Waals surface area contributed by atoms with Crippen LogP contribution in [0.3, 0.4) is 0 Å². The molecular weight excluding hydrogens is 315 g/mol. The second-order valence-electron chi connectivity index (χ2n) is 6.25. The summed E-state index contributed by atoms with van der Waals surface area (Å²) in [7, 11) is 0. The molecule has 0 amide bonds. The quantitative estimate of drug-likeness (QED) is 0.218. The van der Waals surface area contributed by atoms with E-state index in [0.29, 0.717) is 0 Å². The summed E-state index contributed by atoms with van der Waals surface area (Å²) in [5.74, 6) is -0.896. The van der Waals surface area contributed by atoms with E-state index in [9.17, 15) is 9.59 Å². The summed E-state index contributed by atoms with van der Waals surface area (Å²) in [6.07, 6.45) is 16.2. The van der Waals surface area contributed by atoms with Gasteiger partial charge in [-0.3, -0.25) is 9.59 Å². The first-order valence-corrected chi connectivity index (χ1v) is 9.18. The average Bonchev–Trinajstić information content (AvgIpc) is 2.47. The monoisotopic (exact) mass is 352 g/mol. The SMILES string of the molecule is CCCCCCCCCC[C-](C)CCCC.O=C(O)CC(=O)O.[Na+]. The van der Waals surface area contributed by atoms with Gasteiger partial charge in [0, 0.05) is 0 Å². The molecule has 138 valence electrons. The molecule has 0 aromatic rings. The van der Waals surface area contributed by atoms with Gasteiger partial charge in [-0.25, -0.2) is 0 Å². The van der Waals surface area contributed by atoms with Crippen LogP contribution < -0.4 is 29.6 Å². The molecule has 0 aromatic heterocycles. The Morgan fingerprint density at radius 1 is 0.708 bits per heavy atom. The first-order chi connectivity index (χ1) is 10.9. The van der Waals surface area contributed by atoms with Crippen LogP contribution in [-0.2, 0) is 9.59 Å². The first kappa shape index (κ1) is 28.7. The van der Waals surface area contributed by atoms with Crippen LogP contribution in [0.25, 0.3) is 0 Å². The van der Waals surface area contributed by atoms with Gasteiger partial charge >= 0.3 is 41.5 Å². The van der Waals surface area contributed by atoms with Gasteiger partial charge in [-0.1, -0.05) is 78.1 Å². The molecule has 0 unspecified atom stereocenters. The third-order valence-corrected chi connectivity index (χ3v) is 3.72. The summed E-state index contributed by atoms with van der Waals surface area (Å²) in [4.78, 5) is 18.9. The minimum Gasteiger partial charge on any atom is -0.481 e. The van der Waals surface area contributed by atoms with Crippen LogP contribution in [0.4, 0.5) is 0 Å². The summed E-state index contributed by atoms with van der Waals surface area (Å²) in [6.45, 7) is 6.91. The van der Waals surface area contributed by atoms with Crippen LogP contribution in [0.1, 0.15) is 104 Å². The molecule has 0 aromatic carbocycles. The standard InChI is InChI=1S/C16H33.C3H4O4.Na/c1-4-6-8-9-10-11-12-13-15-16(3)14-7-5-2;4-2(5)1-3(6)7;/h4-15H2,1-3H3;1H2,(H,4,5)(H,6,7);/q-1;;+1.